The molecule has 2 heterocycles. The van der Waals surface area contributed by atoms with Gasteiger partial charge in [-0.15, -0.1) is 10.2 Å². The summed E-state index contributed by atoms with van der Waals surface area (Å²) in [5, 5.41) is 11.5. The molecular formula is C24H15Cl2N5O4S. The van der Waals surface area contributed by atoms with E-state index < -0.39 is 21.8 Å². The Morgan fingerprint density at radius 1 is 0.778 bits per heavy atom. The van der Waals surface area contributed by atoms with Crippen LogP contribution in [-0.2, 0) is 19.6 Å². The Morgan fingerprint density at radius 2 is 1.50 bits per heavy atom. The zero-order valence-electron chi connectivity index (χ0n) is 18.1. The van der Waals surface area contributed by atoms with Crippen molar-refractivity contribution in [3.8, 4) is 0 Å². The van der Waals surface area contributed by atoms with E-state index in [0.717, 1.165) is 15.7 Å². The van der Waals surface area contributed by atoms with Crippen molar-refractivity contribution in [2.75, 3.05) is 14.9 Å². The van der Waals surface area contributed by atoms with E-state index in [1.165, 1.54) is 36.4 Å². The lowest BCUT2D eigenvalue weighted by atomic mass is 10.1. The summed E-state index contributed by atoms with van der Waals surface area (Å²) in [5.74, 6) is -1.28. The van der Waals surface area contributed by atoms with E-state index in [-0.39, 0.29) is 26.6 Å². The lowest BCUT2D eigenvalue weighted by Crippen LogP contribution is -2.32. The van der Waals surface area contributed by atoms with Gasteiger partial charge in [-0.3, -0.25) is 14.3 Å². The number of carbonyl (C=O) groups is 2. The predicted octanol–water partition coefficient (Wildman–Crippen LogP) is 4.52. The van der Waals surface area contributed by atoms with Gasteiger partial charge in [-0.1, -0.05) is 59.6 Å². The van der Waals surface area contributed by atoms with Crippen LogP contribution in [0.15, 0.2) is 94.5 Å². The number of rotatable bonds is 6. The molecule has 0 bridgehead atoms. The molecule has 0 spiro atoms. The topological polar surface area (TPSA) is 121 Å². The molecule has 0 radical (unpaired) electrons. The molecular weight excluding hydrogens is 525 g/mol. The van der Waals surface area contributed by atoms with E-state index >= 15 is 0 Å². The molecule has 12 heteroatoms. The molecule has 9 nitrogen and oxygen atoms in total. The number of amides is 2. The maximum absolute atomic E-state index is 13.2. The van der Waals surface area contributed by atoms with Crippen LogP contribution in [0.4, 0.5) is 17.2 Å². The molecule has 2 N–H and O–H groups in total. The van der Waals surface area contributed by atoms with Crippen LogP contribution in [-0.4, -0.2) is 30.4 Å². The van der Waals surface area contributed by atoms with E-state index in [2.05, 4.69) is 20.2 Å². The highest BCUT2D eigenvalue weighted by atomic mass is 35.5. The Morgan fingerprint density at radius 3 is 2.22 bits per heavy atom. The minimum Gasteiger partial charge on any atom is -0.350 e. The fourth-order valence-corrected chi connectivity index (χ4v) is 4.97. The Bertz CT molecular complexity index is 1650. The summed E-state index contributed by atoms with van der Waals surface area (Å²) >= 11 is 11.9. The minimum atomic E-state index is -3.96. The van der Waals surface area contributed by atoms with Crippen molar-refractivity contribution in [1.82, 2.24) is 10.2 Å². The fourth-order valence-electron chi connectivity index (χ4n) is 3.66. The lowest BCUT2D eigenvalue weighted by molar-refractivity contribution is -0.120. The summed E-state index contributed by atoms with van der Waals surface area (Å²) < 4.78 is 27.6. The van der Waals surface area contributed by atoms with Gasteiger partial charge in [-0.05, 0) is 47.9 Å². The molecule has 1 aliphatic rings. The second-order valence-corrected chi connectivity index (χ2v) is 10.1. The first-order chi connectivity index (χ1) is 17.2. The van der Waals surface area contributed by atoms with Crippen LogP contribution in [0, 0.1) is 0 Å². The van der Waals surface area contributed by atoms with Gasteiger partial charge in [0.25, 0.3) is 21.8 Å². The van der Waals surface area contributed by atoms with Crippen LogP contribution in [0.3, 0.4) is 0 Å². The fraction of sp³-hybridized carbons (Fsp3) is 0. The largest absolute Gasteiger partial charge is 0.350 e. The molecule has 180 valence electrons. The molecule has 0 unspecified atom stereocenters. The zero-order chi connectivity index (χ0) is 25.4. The summed E-state index contributed by atoms with van der Waals surface area (Å²) in [5.41, 5.74) is 0.657. The molecule has 1 aromatic heterocycles. The number of hydrogen-bond acceptors (Lipinski definition) is 7. The molecule has 0 aliphatic carbocycles. The van der Waals surface area contributed by atoms with E-state index in [4.69, 9.17) is 23.2 Å². The van der Waals surface area contributed by atoms with E-state index in [0.29, 0.717) is 11.4 Å². The number of benzene rings is 3. The van der Waals surface area contributed by atoms with Gasteiger partial charge in [0.2, 0.25) is 0 Å². The number of imide groups is 1. The van der Waals surface area contributed by atoms with Gasteiger partial charge >= 0.3 is 0 Å². The molecule has 0 fully saturated rings. The molecule has 0 saturated heterocycles. The first-order valence-electron chi connectivity index (χ1n) is 10.4. The summed E-state index contributed by atoms with van der Waals surface area (Å²) in [7, 11) is -3.96. The Hall–Kier alpha value is -3.99. The van der Waals surface area contributed by atoms with Crippen LogP contribution in [0.1, 0.15) is 0 Å². The maximum atomic E-state index is 13.2. The van der Waals surface area contributed by atoms with Gasteiger partial charge in [0.1, 0.15) is 10.7 Å². The summed E-state index contributed by atoms with van der Waals surface area (Å²) in [6.45, 7) is 0. The van der Waals surface area contributed by atoms with Crippen molar-refractivity contribution < 1.29 is 18.0 Å². The number of nitrogens with one attached hydrogen (secondary N) is 2. The Balaban J connectivity index is 1.37. The Labute approximate surface area is 215 Å². The molecule has 1 aliphatic heterocycles. The number of anilines is 3. The second kappa shape index (κ2) is 9.23. The SMILES string of the molecule is O=C1C(Cl)=C(Nc2ccc(S(=O)(=O)Nc3ccc(Cl)nn3)cc2)C(=O)N1c1cccc2ccccc12. The van der Waals surface area contributed by atoms with Gasteiger partial charge in [0.15, 0.2) is 11.0 Å². The van der Waals surface area contributed by atoms with Crippen molar-refractivity contribution in [3.63, 3.8) is 0 Å². The second-order valence-electron chi connectivity index (χ2n) is 7.63. The summed E-state index contributed by atoms with van der Waals surface area (Å²) in [6, 6.07) is 21.0. The number of aromatic nitrogens is 2. The summed E-state index contributed by atoms with van der Waals surface area (Å²) in [4.78, 5) is 27.1. The van der Waals surface area contributed by atoms with Crippen LogP contribution >= 0.6 is 23.2 Å². The zero-order valence-corrected chi connectivity index (χ0v) is 20.5. The minimum absolute atomic E-state index is 0.00197. The maximum Gasteiger partial charge on any atom is 0.283 e. The van der Waals surface area contributed by atoms with Crippen molar-refractivity contribution >= 4 is 73.0 Å². The molecule has 0 saturated carbocycles. The smallest absolute Gasteiger partial charge is 0.283 e. The third kappa shape index (κ3) is 4.37. The highest BCUT2D eigenvalue weighted by Crippen LogP contribution is 2.34. The highest BCUT2D eigenvalue weighted by molar-refractivity contribution is 7.92. The molecule has 36 heavy (non-hydrogen) atoms. The monoisotopic (exact) mass is 539 g/mol. The van der Waals surface area contributed by atoms with Gasteiger partial charge in [-0.2, -0.15) is 0 Å². The van der Waals surface area contributed by atoms with Crippen LogP contribution in [0.5, 0.6) is 0 Å². The predicted molar refractivity (Wildman–Crippen MR) is 137 cm³/mol. The molecule has 5 rings (SSSR count). The van der Waals surface area contributed by atoms with Crippen molar-refractivity contribution in [1.29, 1.82) is 0 Å². The van der Waals surface area contributed by atoms with Gasteiger partial charge in [0.05, 0.1) is 10.6 Å². The number of sulfonamides is 1. The number of carbonyl (C=O) groups excluding carboxylic acids is 2. The van der Waals surface area contributed by atoms with E-state index in [1.807, 2.05) is 30.3 Å². The number of hydrogen-bond donors (Lipinski definition) is 2. The first kappa shape index (κ1) is 23.7. The van der Waals surface area contributed by atoms with Crippen LogP contribution in [0.2, 0.25) is 5.15 Å². The van der Waals surface area contributed by atoms with Gasteiger partial charge in [0, 0.05) is 11.1 Å². The van der Waals surface area contributed by atoms with Gasteiger partial charge in [-0.25, -0.2) is 13.3 Å². The van der Waals surface area contributed by atoms with Crippen LogP contribution in [0.25, 0.3) is 10.8 Å². The lowest BCUT2D eigenvalue weighted by Gasteiger charge is -2.17. The van der Waals surface area contributed by atoms with E-state index in [1.54, 1.807) is 12.1 Å². The first-order valence-corrected chi connectivity index (χ1v) is 12.6. The van der Waals surface area contributed by atoms with E-state index in [9.17, 15) is 18.0 Å². The third-order valence-corrected chi connectivity index (χ3v) is 7.26. The Kier molecular flexibility index (Phi) is 6.09. The van der Waals surface area contributed by atoms with Crippen molar-refractivity contribution in [2.45, 2.75) is 4.90 Å². The quantitative estimate of drug-likeness (QED) is 0.345. The highest BCUT2D eigenvalue weighted by Gasteiger charge is 2.39. The average Bonchev–Trinajstić information content (AvgIpc) is 3.08. The normalized spacial score (nSPS) is 14.0. The number of halogens is 2. The molecule has 3 aromatic carbocycles. The summed E-state index contributed by atoms with van der Waals surface area (Å²) in [6.07, 6.45) is 0. The van der Waals surface area contributed by atoms with Crippen molar-refractivity contribution in [3.05, 3.63) is 94.7 Å². The average molecular weight is 540 g/mol. The standard InChI is InChI=1S/C24H15Cl2N5O4S/c25-19-12-13-20(29-28-19)30-36(34,35)16-10-8-15(9-11-16)27-22-21(26)23(32)31(24(22)33)18-7-3-5-14-4-1-2-6-17(14)18/h1-13,27H,(H,29,30). The molecule has 2 amide bonds. The van der Waals surface area contributed by atoms with Crippen LogP contribution < -0.4 is 14.9 Å². The molecule has 0 atom stereocenters. The number of nitrogens with zero attached hydrogens (tertiary/aromatic N) is 3. The van der Waals surface area contributed by atoms with Crippen molar-refractivity contribution in [2.24, 2.45) is 0 Å². The third-order valence-electron chi connectivity index (χ3n) is 5.34. The van der Waals surface area contributed by atoms with Gasteiger partial charge < -0.3 is 5.32 Å². The molecule has 4 aromatic rings. The number of fused-ring (bicyclic) bond motifs is 1.